The number of carbonyl (C=O) groups is 1. The fraction of sp³-hybridized carbons (Fsp3) is 0.167. The summed E-state index contributed by atoms with van der Waals surface area (Å²) < 4.78 is 2.81. The summed E-state index contributed by atoms with van der Waals surface area (Å²) in [6.07, 6.45) is 1.66. The van der Waals surface area contributed by atoms with E-state index in [-0.39, 0.29) is 6.04 Å². The Balaban J connectivity index is 1.53. The number of benzene rings is 1. The lowest BCUT2D eigenvalue weighted by atomic mass is 10.2. The molecule has 10 heteroatoms. The summed E-state index contributed by atoms with van der Waals surface area (Å²) in [7, 11) is 0. The van der Waals surface area contributed by atoms with Crippen LogP contribution in [0.25, 0.3) is 22.4 Å². The Morgan fingerprint density at radius 3 is 2.89 bits per heavy atom. The van der Waals surface area contributed by atoms with Crippen LogP contribution in [-0.4, -0.2) is 36.0 Å². The minimum Gasteiger partial charge on any atom is -0.310 e. The van der Waals surface area contributed by atoms with Crippen molar-refractivity contribution in [2.75, 3.05) is 10.6 Å². The van der Waals surface area contributed by atoms with Gasteiger partial charge < -0.3 is 4.57 Å². The van der Waals surface area contributed by atoms with Crippen molar-refractivity contribution in [1.82, 2.24) is 29.9 Å². The van der Waals surface area contributed by atoms with Gasteiger partial charge >= 0.3 is 6.03 Å². The highest BCUT2D eigenvalue weighted by molar-refractivity contribution is 9.10. The van der Waals surface area contributed by atoms with E-state index in [2.05, 4.69) is 51.9 Å². The first-order chi connectivity index (χ1) is 13.5. The van der Waals surface area contributed by atoms with E-state index < -0.39 is 6.03 Å². The van der Waals surface area contributed by atoms with E-state index >= 15 is 0 Å². The average Bonchev–Trinajstić information content (AvgIpc) is 3.29. The molecule has 3 N–H and O–H groups in total. The van der Waals surface area contributed by atoms with Gasteiger partial charge in [0.15, 0.2) is 11.6 Å². The summed E-state index contributed by atoms with van der Waals surface area (Å²) in [5, 5.41) is 21.4. The van der Waals surface area contributed by atoms with Crippen LogP contribution < -0.4 is 10.6 Å². The number of hydrogen-bond donors (Lipinski definition) is 3. The van der Waals surface area contributed by atoms with Gasteiger partial charge in [-0.2, -0.15) is 5.10 Å². The molecule has 4 rings (SSSR count). The van der Waals surface area contributed by atoms with E-state index in [9.17, 15) is 4.79 Å². The first-order valence-corrected chi connectivity index (χ1v) is 9.39. The van der Waals surface area contributed by atoms with Crippen LogP contribution in [0.5, 0.6) is 0 Å². The van der Waals surface area contributed by atoms with Crippen molar-refractivity contribution in [3.63, 3.8) is 0 Å². The van der Waals surface area contributed by atoms with Crippen LogP contribution in [0.15, 0.2) is 47.2 Å². The Hall–Kier alpha value is -3.27. The van der Waals surface area contributed by atoms with Crippen molar-refractivity contribution in [3.05, 3.63) is 47.2 Å². The smallest absolute Gasteiger partial charge is 0.310 e. The molecule has 0 aliphatic carbocycles. The van der Waals surface area contributed by atoms with Gasteiger partial charge in [-0.3, -0.25) is 15.7 Å². The van der Waals surface area contributed by atoms with Crippen LogP contribution in [0.1, 0.15) is 19.9 Å². The fourth-order valence-electron chi connectivity index (χ4n) is 2.77. The molecule has 0 atom stereocenters. The van der Waals surface area contributed by atoms with Crippen LogP contribution in [0, 0.1) is 0 Å². The molecule has 3 aromatic heterocycles. The summed E-state index contributed by atoms with van der Waals surface area (Å²) in [4.78, 5) is 16.9. The van der Waals surface area contributed by atoms with Gasteiger partial charge in [-0.05, 0) is 44.2 Å². The number of rotatable bonds is 4. The Kier molecular flexibility index (Phi) is 4.78. The van der Waals surface area contributed by atoms with Gasteiger partial charge in [0.05, 0.1) is 5.52 Å². The third kappa shape index (κ3) is 3.58. The van der Waals surface area contributed by atoms with Gasteiger partial charge in [-0.1, -0.05) is 22.0 Å². The zero-order valence-electron chi connectivity index (χ0n) is 15.1. The maximum Gasteiger partial charge on any atom is 0.326 e. The molecule has 0 spiro atoms. The molecule has 0 fully saturated rings. The van der Waals surface area contributed by atoms with Crippen molar-refractivity contribution in [2.24, 2.45) is 0 Å². The van der Waals surface area contributed by atoms with E-state index in [0.29, 0.717) is 23.2 Å². The molecule has 28 heavy (non-hydrogen) atoms. The Morgan fingerprint density at radius 1 is 1.21 bits per heavy atom. The van der Waals surface area contributed by atoms with E-state index in [1.807, 2.05) is 42.7 Å². The third-order valence-electron chi connectivity index (χ3n) is 4.11. The highest BCUT2D eigenvalue weighted by Gasteiger charge is 2.14. The zero-order chi connectivity index (χ0) is 19.7. The molecule has 0 saturated carbocycles. The standard InChI is InChI=1S/C18H17BrN8O/c1-10(2)27-9-20-26-17(27)14-4-3-5-15(21-14)22-18(28)23-16-12-8-11(19)6-7-13(12)24-25-16/h3-10H,1-2H3,(H3,21,22,23,24,25,28). The number of carbonyl (C=O) groups excluding carboxylic acids is 1. The highest BCUT2D eigenvalue weighted by Crippen LogP contribution is 2.24. The van der Waals surface area contributed by atoms with Gasteiger partial charge in [0.25, 0.3) is 0 Å². The second-order valence-corrected chi connectivity index (χ2v) is 7.32. The van der Waals surface area contributed by atoms with E-state index in [4.69, 9.17) is 0 Å². The van der Waals surface area contributed by atoms with Crippen LogP contribution in [0.4, 0.5) is 16.4 Å². The first kappa shape index (κ1) is 18.1. The van der Waals surface area contributed by atoms with Gasteiger partial charge in [0.1, 0.15) is 17.8 Å². The number of urea groups is 1. The summed E-state index contributed by atoms with van der Waals surface area (Å²) in [5.41, 5.74) is 1.45. The maximum absolute atomic E-state index is 12.4. The summed E-state index contributed by atoms with van der Waals surface area (Å²) in [6.45, 7) is 4.07. The van der Waals surface area contributed by atoms with Gasteiger partial charge in [-0.15, -0.1) is 10.2 Å². The molecule has 3 heterocycles. The predicted molar refractivity (Wildman–Crippen MR) is 110 cm³/mol. The molecule has 1 aromatic carbocycles. The van der Waals surface area contributed by atoms with Crippen LogP contribution >= 0.6 is 15.9 Å². The zero-order valence-corrected chi connectivity index (χ0v) is 16.7. The normalized spacial score (nSPS) is 11.1. The lowest BCUT2D eigenvalue weighted by Gasteiger charge is -2.10. The van der Waals surface area contributed by atoms with E-state index in [1.54, 1.807) is 18.5 Å². The van der Waals surface area contributed by atoms with Crippen molar-refractivity contribution < 1.29 is 4.79 Å². The second kappa shape index (κ2) is 7.39. The second-order valence-electron chi connectivity index (χ2n) is 6.40. The number of halogens is 1. The predicted octanol–water partition coefficient (Wildman–Crippen LogP) is 4.20. The SMILES string of the molecule is CC(C)n1cnnc1-c1cccc(NC(=O)Nc2n[nH]c3ccc(Br)cc23)n1. The number of pyridine rings is 1. The minimum atomic E-state index is -0.441. The number of aromatic amines is 1. The molecular formula is C18H17BrN8O. The van der Waals surface area contributed by atoms with E-state index in [1.165, 1.54) is 0 Å². The quantitative estimate of drug-likeness (QED) is 0.439. The van der Waals surface area contributed by atoms with Crippen molar-refractivity contribution in [3.8, 4) is 11.5 Å². The lowest BCUT2D eigenvalue weighted by molar-refractivity contribution is 0.262. The number of amides is 2. The number of fused-ring (bicyclic) bond motifs is 1. The topological polar surface area (TPSA) is 113 Å². The molecular weight excluding hydrogens is 424 g/mol. The molecule has 0 aliphatic heterocycles. The Bertz CT molecular complexity index is 1150. The largest absolute Gasteiger partial charge is 0.326 e. The third-order valence-corrected chi connectivity index (χ3v) is 4.60. The lowest BCUT2D eigenvalue weighted by Crippen LogP contribution is -2.20. The molecule has 0 radical (unpaired) electrons. The number of anilines is 2. The Labute approximate surface area is 168 Å². The average molecular weight is 441 g/mol. The minimum absolute atomic E-state index is 0.194. The number of nitrogens with zero attached hydrogens (tertiary/aromatic N) is 5. The van der Waals surface area contributed by atoms with Gasteiger partial charge in [0.2, 0.25) is 0 Å². The number of aromatic nitrogens is 6. The molecule has 0 saturated heterocycles. The van der Waals surface area contributed by atoms with Crippen molar-refractivity contribution in [2.45, 2.75) is 19.9 Å². The first-order valence-electron chi connectivity index (χ1n) is 8.60. The Morgan fingerprint density at radius 2 is 2.07 bits per heavy atom. The molecule has 9 nitrogen and oxygen atoms in total. The molecule has 0 bridgehead atoms. The van der Waals surface area contributed by atoms with Crippen LogP contribution in [0.2, 0.25) is 0 Å². The molecule has 0 unspecified atom stereocenters. The summed E-state index contributed by atoms with van der Waals surface area (Å²) >= 11 is 3.42. The molecule has 0 aliphatic rings. The summed E-state index contributed by atoms with van der Waals surface area (Å²) in [6, 6.07) is 10.7. The fourth-order valence-corrected chi connectivity index (χ4v) is 3.13. The van der Waals surface area contributed by atoms with Gasteiger partial charge in [0, 0.05) is 15.9 Å². The van der Waals surface area contributed by atoms with E-state index in [0.717, 1.165) is 15.4 Å². The molecule has 142 valence electrons. The van der Waals surface area contributed by atoms with Gasteiger partial charge in [-0.25, -0.2) is 9.78 Å². The van der Waals surface area contributed by atoms with Crippen molar-refractivity contribution >= 4 is 44.5 Å². The van der Waals surface area contributed by atoms with Crippen LogP contribution in [-0.2, 0) is 0 Å². The monoisotopic (exact) mass is 440 g/mol. The number of H-pyrrole nitrogens is 1. The maximum atomic E-state index is 12.4. The summed E-state index contributed by atoms with van der Waals surface area (Å²) in [5.74, 6) is 1.47. The number of hydrogen-bond acceptors (Lipinski definition) is 5. The van der Waals surface area contributed by atoms with Crippen molar-refractivity contribution in [1.29, 1.82) is 0 Å². The molecule has 4 aromatic rings. The highest BCUT2D eigenvalue weighted by atomic mass is 79.9. The molecule has 2 amide bonds. The number of nitrogens with one attached hydrogen (secondary N) is 3. The van der Waals surface area contributed by atoms with Crippen LogP contribution in [0.3, 0.4) is 0 Å².